The van der Waals surface area contributed by atoms with E-state index in [9.17, 15) is 9.90 Å². The van der Waals surface area contributed by atoms with Crippen LogP contribution >= 0.6 is 11.3 Å². The van der Waals surface area contributed by atoms with Gasteiger partial charge in [0.2, 0.25) is 0 Å². The molecule has 0 saturated carbocycles. The summed E-state index contributed by atoms with van der Waals surface area (Å²) >= 11 is 1.77. The van der Waals surface area contributed by atoms with Gasteiger partial charge in [0.15, 0.2) is 0 Å². The highest BCUT2D eigenvalue weighted by Gasteiger charge is 2.40. The van der Waals surface area contributed by atoms with Crippen LogP contribution in [-0.2, 0) is 23.1 Å². The van der Waals surface area contributed by atoms with Gasteiger partial charge in [-0.25, -0.2) is 4.98 Å². The molecular weight excluding hydrogens is 406 g/mol. The summed E-state index contributed by atoms with van der Waals surface area (Å²) in [5.74, 6) is -0.0542. The Kier molecular flexibility index (Phi) is 4.89. The lowest BCUT2D eigenvalue weighted by molar-refractivity contribution is -0.143. The second kappa shape index (κ2) is 7.49. The predicted molar refractivity (Wildman–Crippen MR) is 126 cm³/mol. The zero-order valence-electron chi connectivity index (χ0n) is 18.2. The summed E-state index contributed by atoms with van der Waals surface area (Å²) in [5.41, 5.74) is 3.68. The lowest BCUT2D eigenvalue weighted by atomic mass is 9.74. The Balaban J connectivity index is 1.93. The van der Waals surface area contributed by atoms with Gasteiger partial charge in [-0.2, -0.15) is 0 Å². The van der Waals surface area contributed by atoms with Gasteiger partial charge in [0.25, 0.3) is 0 Å². The molecule has 3 aromatic heterocycles. The number of benzene rings is 1. The van der Waals surface area contributed by atoms with Gasteiger partial charge < -0.3 is 9.52 Å². The number of carboxylic acids is 1. The number of rotatable bonds is 5. The standard InChI is InChI=1S/C26H27NO3S/c1-4-13-26(3,25(28)29)23-15(2)27-24-21(17-10-6-8-12-20(17)31-24)22(23)19-14-16-9-5-7-11-18(16)30-19/h5,7,9,11,14H,4,6,8,10,12-13H2,1-3H3,(H,28,29). The molecule has 1 aliphatic rings. The molecule has 0 amide bonds. The minimum Gasteiger partial charge on any atom is -0.481 e. The van der Waals surface area contributed by atoms with Crippen LogP contribution < -0.4 is 0 Å². The molecule has 1 unspecified atom stereocenters. The Morgan fingerprint density at radius 3 is 2.77 bits per heavy atom. The summed E-state index contributed by atoms with van der Waals surface area (Å²) in [5, 5.41) is 12.5. The molecule has 0 saturated heterocycles. The predicted octanol–water partition coefficient (Wildman–Crippen LogP) is 7.04. The van der Waals surface area contributed by atoms with Crippen molar-refractivity contribution in [3.63, 3.8) is 0 Å². The van der Waals surface area contributed by atoms with Gasteiger partial charge >= 0.3 is 5.97 Å². The van der Waals surface area contributed by atoms with Crippen molar-refractivity contribution in [3.05, 3.63) is 52.0 Å². The van der Waals surface area contributed by atoms with Crippen molar-refractivity contribution in [2.24, 2.45) is 0 Å². The lowest BCUT2D eigenvalue weighted by Gasteiger charge is -2.29. The number of aryl methyl sites for hydroxylation is 3. The van der Waals surface area contributed by atoms with Gasteiger partial charge in [0.1, 0.15) is 16.2 Å². The van der Waals surface area contributed by atoms with Gasteiger partial charge in [-0.1, -0.05) is 31.5 Å². The number of thiophene rings is 1. The highest BCUT2D eigenvalue weighted by Crippen LogP contribution is 2.48. The van der Waals surface area contributed by atoms with Crippen LogP contribution in [0.25, 0.3) is 32.5 Å². The smallest absolute Gasteiger partial charge is 0.313 e. The molecule has 1 aromatic carbocycles. The number of furan rings is 1. The first-order valence-corrected chi connectivity index (χ1v) is 11.9. The molecule has 31 heavy (non-hydrogen) atoms. The van der Waals surface area contributed by atoms with Gasteiger partial charge in [-0.05, 0) is 63.6 Å². The molecule has 160 valence electrons. The molecule has 5 rings (SSSR count). The van der Waals surface area contributed by atoms with E-state index in [1.54, 1.807) is 11.3 Å². The van der Waals surface area contributed by atoms with Crippen molar-refractivity contribution in [2.75, 3.05) is 0 Å². The monoisotopic (exact) mass is 433 g/mol. The van der Waals surface area contributed by atoms with E-state index in [0.717, 1.165) is 69.5 Å². The van der Waals surface area contributed by atoms with E-state index in [2.05, 4.69) is 6.07 Å². The number of hydrogen-bond acceptors (Lipinski definition) is 4. The molecule has 0 bridgehead atoms. The van der Waals surface area contributed by atoms with Crippen LogP contribution in [0.2, 0.25) is 0 Å². The fourth-order valence-corrected chi connectivity index (χ4v) is 6.58. The third-order valence-corrected chi connectivity index (χ3v) is 7.92. The number of hydrogen-bond donors (Lipinski definition) is 1. The van der Waals surface area contributed by atoms with Crippen LogP contribution in [0.15, 0.2) is 34.7 Å². The van der Waals surface area contributed by atoms with Crippen molar-refractivity contribution < 1.29 is 14.3 Å². The van der Waals surface area contributed by atoms with Gasteiger partial charge in [-0.3, -0.25) is 4.79 Å². The maximum atomic E-state index is 12.6. The molecule has 0 aliphatic heterocycles. The van der Waals surface area contributed by atoms with Crippen molar-refractivity contribution in [1.82, 2.24) is 4.98 Å². The van der Waals surface area contributed by atoms with Crippen LogP contribution in [-0.4, -0.2) is 16.1 Å². The van der Waals surface area contributed by atoms with E-state index < -0.39 is 11.4 Å². The highest BCUT2D eigenvalue weighted by molar-refractivity contribution is 7.19. The van der Waals surface area contributed by atoms with Crippen molar-refractivity contribution in [2.45, 2.75) is 64.7 Å². The van der Waals surface area contributed by atoms with E-state index >= 15 is 0 Å². The topological polar surface area (TPSA) is 63.3 Å². The molecule has 4 nitrogen and oxygen atoms in total. The number of nitrogens with zero attached hydrogens (tertiary/aromatic N) is 1. The van der Waals surface area contributed by atoms with E-state index in [4.69, 9.17) is 9.40 Å². The average molecular weight is 434 g/mol. The summed E-state index contributed by atoms with van der Waals surface area (Å²) in [4.78, 5) is 20.0. The number of aromatic nitrogens is 1. The largest absolute Gasteiger partial charge is 0.481 e. The number of aliphatic carboxylic acids is 1. The minimum atomic E-state index is -1.03. The summed E-state index contributed by atoms with van der Waals surface area (Å²) in [6.45, 7) is 5.84. The lowest BCUT2D eigenvalue weighted by Crippen LogP contribution is -2.34. The van der Waals surface area contributed by atoms with Crippen LogP contribution in [0, 0.1) is 6.92 Å². The minimum absolute atomic E-state index is 0.552. The van der Waals surface area contributed by atoms with E-state index in [-0.39, 0.29) is 0 Å². The normalized spacial score (nSPS) is 15.8. The first-order chi connectivity index (χ1) is 14.9. The maximum absolute atomic E-state index is 12.6. The Hall–Kier alpha value is -2.66. The van der Waals surface area contributed by atoms with E-state index in [1.807, 2.05) is 45.0 Å². The Morgan fingerprint density at radius 2 is 2.03 bits per heavy atom. The first-order valence-electron chi connectivity index (χ1n) is 11.1. The highest BCUT2D eigenvalue weighted by atomic mass is 32.1. The zero-order chi connectivity index (χ0) is 21.8. The maximum Gasteiger partial charge on any atom is 0.313 e. The third-order valence-electron chi connectivity index (χ3n) is 6.73. The summed E-state index contributed by atoms with van der Waals surface area (Å²) in [6, 6.07) is 10.0. The quantitative estimate of drug-likeness (QED) is 0.367. The van der Waals surface area contributed by atoms with E-state index in [0.29, 0.717) is 6.42 Å². The van der Waals surface area contributed by atoms with Crippen LogP contribution in [0.3, 0.4) is 0 Å². The molecule has 1 atom stereocenters. The zero-order valence-corrected chi connectivity index (χ0v) is 19.1. The second-order valence-electron chi connectivity index (χ2n) is 8.87. The molecule has 0 fully saturated rings. The van der Waals surface area contributed by atoms with Crippen LogP contribution in [0.5, 0.6) is 0 Å². The van der Waals surface area contributed by atoms with Crippen molar-refractivity contribution in [1.29, 1.82) is 0 Å². The third kappa shape index (κ3) is 3.09. The molecule has 3 heterocycles. The number of fused-ring (bicyclic) bond motifs is 4. The summed E-state index contributed by atoms with van der Waals surface area (Å²) < 4.78 is 6.36. The molecule has 1 N–H and O–H groups in total. The van der Waals surface area contributed by atoms with Crippen molar-refractivity contribution >= 4 is 38.5 Å². The van der Waals surface area contributed by atoms with Gasteiger partial charge in [0.05, 0.1) is 5.41 Å². The summed E-state index contributed by atoms with van der Waals surface area (Å²) in [6.07, 6.45) is 5.79. The second-order valence-corrected chi connectivity index (χ2v) is 9.96. The first kappa shape index (κ1) is 20.3. The Labute approximate surface area is 185 Å². The van der Waals surface area contributed by atoms with Gasteiger partial charge in [-0.15, -0.1) is 11.3 Å². The molecule has 0 radical (unpaired) electrons. The fourth-order valence-electron chi connectivity index (χ4n) is 5.27. The number of carboxylic acid groups (broad SMARTS) is 1. The number of pyridine rings is 1. The van der Waals surface area contributed by atoms with Gasteiger partial charge in [0, 0.05) is 32.5 Å². The van der Waals surface area contributed by atoms with E-state index in [1.165, 1.54) is 16.9 Å². The Morgan fingerprint density at radius 1 is 1.26 bits per heavy atom. The number of carbonyl (C=O) groups is 1. The molecular formula is C26H27NO3S. The molecule has 0 spiro atoms. The van der Waals surface area contributed by atoms with Crippen LogP contribution in [0.4, 0.5) is 0 Å². The fraction of sp³-hybridized carbons (Fsp3) is 0.385. The molecule has 4 aromatic rings. The molecule has 5 heteroatoms. The summed E-state index contributed by atoms with van der Waals surface area (Å²) in [7, 11) is 0. The van der Waals surface area contributed by atoms with Crippen LogP contribution in [0.1, 0.15) is 61.2 Å². The molecule has 1 aliphatic carbocycles. The Bertz CT molecular complexity index is 1280. The van der Waals surface area contributed by atoms with Crippen molar-refractivity contribution in [3.8, 4) is 11.3 Å². The SMILES string of the molecule is CCCC(C)(C(=O)O)c1c(C)nc2sc3c(c2c1-c1cc2ccccc2o1)CCCC3. The number of para-hydroxylation sites is 1. The average Bonchev–Trinajstić information content (AvgIpc) is 3.33.